The van der Waals surface area contributed by atoms with Crippen molar-refractivity contribution in [2.75, 3.05) is 25.0 Å². The van der Waals surface area contributed by atoms with Crippen LogP contribution in [0.5, 0.6) is 0 Å². The standard InChI is InChI=1S/C25H23ClN4O2S/c1-27-22(24(32)30(25(27)33)19-10-8-18(26)9-11-19)14-17-15-29(21-7-3-2-6-20(17)21)16-23(31)28-12-4-5-13-28/h2-3,6-11,14-15H,4-5,12-13,16H2,1H3/b22-14-. The minimum Gasteiger partial charge on any atom is -0.341 e. The normalized spacial score (nSPS) is 17.8. The zero-order valence-corrected chi connectivity index (χ0v) is 19.8. The minimum atomic E-state index is -0.199. The molecule has 0 unspecified atom stereocenters. The SMILES string of the molecule is CN1C(=S)N(c2ccc(Cl)cc2)C(=O)/C1=C/c1cn(CC(=O)N2CCCC2)c2ccccc12. The number of para-hydroxylation sites is 1. The third-order valence-corrected chi connectivity index (χ3v) is 6.93. The maximum absolute atomic E-state index is 13.3. The zero-order valence-electron chi connectivity index (χ0n) is 18.2. The summed E-state index contributed by atoms with van der Waals surface area (Å²) < 4.78 is 1.97. The van der Waals surface area contributed by atoms with Crippen LogP contribution in [0.1, 0.15) is 18.4 Å². The summed E-state index contributed by atoms with van der Waals surface area (Å²) in [7, 11) is 1.79. The third-order valence-electron chi connectivity index (χ3n) is 6.22. The van der Waals surface area contributed by atoms with E-state index < -0.39 is 0 Å². The second-order valence-electron chi connectivity index (χ2n) is 8.31. The topological polar surface area (TPSA) is 48.8 Å². The number of benzene rings is 2. The summed E-state index contributed by atoms with van der Waals surface area (Å²) in [6.45, 7) is 1.93. The first-order valence-electron chi connectivity index (χ1n) is 10.9. The highest BCUT2D eigenvalue weighted by Gasteiger charge is 2.37. The maximum Gasteiger partial charge on any atom is 0.281 e. The molecule has 0 atom stereocenters. The van der Waals surface area contributed by atoms with Gasteiger partial charge in [0.1, 0.15) is 12.2 Å². The molecule has 2 aromatic carbocycles. The first-order valence-corrected chi connectivity index (χ1v) is 11.7. The Morgan fingerprint density at radius 1 is 1.09 bits per heavy atom. The lowest BCUT2D eigenvalue weighted by Crippen LogP contribution is -2.31. The van der Waals surface area contributed by atoms with Crippen molar-refractivity contribution >= 4 is 63.4 Å². The molecule has 5 rings (SSSR count). The molecule has 168 valence electrons. The number of carbonyl (C=O) groups is 2. The van der Waals surface area contributed by atoms with Crippen molar-refractivity contribution in [3.63, 3.8) is 0 Å². The van der Waals surface area contributed by atoms with Crippen molar-refractivity contribution in [1.29, 1.82) is 0 Å². The number of fused-ring (bicyclic) bond motifs is 1. The number of amides is 2. The van der Waals surface area contributed by atoms with Gasteiger partial charge < -0.3 is 14.4 Å². The molecule has 2 fully saturated rings. The minimum absolute atomic E-state index is 0.122. The van der Waals surface area contributed by atoms with E-state index in [-0.39, 0.29) is 18.4 Å². The van der Waals surface area contributed by atoms with Gasteiger partial charge in [0.05, 0.1) is 5.69 Å². The van der Waals surface area contributed by atoms with Crippen LogP contribution in [0.15, 0.2) is 60.4 Å². The summed E-state index contributed by atoms with van der Waals surface area (Å²) >= 11 is 11.6. The van der Waals surface area contributed by atoms with Crippen molar-refractivity contribution in [2.45, 2.75) is 19.4 Å². The summed E-state index contributed by atoms with van der Waals surface area (Å²) in [5, 5.41) is 1.98. The molecule has 6 nitrogen and oxygen atoms in total. The maximum atomic E-state index is 13.3. The van der Waals surface area contributed by atoms with Gasteiger partial charge in [-0.3, -0.25) is 14.5 Å². The Balaban J connectivity index is 1.50. The lowest BCUT2D eigenvalue weighted by atomic mass is 10.1. The van der Waals surface area contributed by atoms with E-state index in [1.165, 1.54) is 4.90 Å². The lowest BCUT2D eigenvalue weighted by Gasteiger charge is -2.16. The first kappa shape index (κ1) is 21.7. The highest BCUT2D eigenvalue weighted by atomic mass is 35.5. The highest BCUT2D eigenvalue weighted by molar-refractivity contribution is 7.80. The molecule has 2 aliphatic heterocycles. The second-order valence-corrected chi connectivity index (χ2v) is 9.11. The molecule has 2 amide bonds. The quantitative estimate of drug-likeness (QED) is 0.408. The van der Waals surface area contributed by atoms with Crippen LogP contribution in [0.25, 0.3) is 17.0 Å². The van der Waals surface area contributed by atoms with Crippen molar-refractivity contribution in [2.24, 2.45) is 0 Å². The molecule has 8 heteroatoms. The van der Waals surface area contributed by atoms with Crippen molar-refractivity contribution in [3.8, 4) is 0 Å². The van der Waals surface area contributed by atoms with Crippen LogP contribution in [-0.2, 0) is 16.1 Å². The van der Waals surface area contributed by atoms with E-state index in [1.807, 2.05) is 46.0 Å². The second kappa shape index (κ2) is 8.65. The fraction of sp³-hybridized carbons (Fsp3) is 0.240. The molecule has 0 aliphatic carbocycles. The van der Waals surface area contributed by atoms with E-state index in [0.717, 1.165) is 42.4 Å². The summed E-state index contributed by atoms with van der Waals surface area (Å²) in [5.74, 6) is -0.0774. The molecular weight excluding hydrogens is 456 g/mol. The van der Waals surface area contributed by atoms with Gasteiger partial charge in [0.25, 0.3) is 5.91 Å². The number of likely N-dealkylation sites (tertiary alicyclic amines) is 1. The molecule has 0 bridgehead atoms. The van der Waals surface area contributed by atoms with E-state index >= 15 is 0 Å². The van der Waals surface area contributed by atoms with Gasteiger partial charge in [0, 0.05) is 47.8 Å². The van der Waals surface area contributed by atoms with Gasteiger partial charge in [-0.25, -0.2) is 0 Å². The summed E-state index contributed by atoms with van der Waals surface area (Å²) in [6, 6.07) is 15.0. The first-order chi connectivity index (χ1) is 15.9. The molecular formula is C25H23ClN4O2S. The molecule has 0 saturated carbocycles. The van der Waals surface area contributed by atoms with E-state index in [1.54, 1.807) is 36.2 Å². The van der Waals surface area contributed by atoms with Gasteiger partial charge in [-0.2, -0.15) is 0 Å². The van der Waals surface area contributed by atoms with Crippen molar-refractivity contribution < 1.29 is 9.59 Å². The number of hydrogen-bond donors (Lipinski definition) is 0. The Bertz CT molecular complexity index is 1290. The molecule has 0 N–H and O–H groups in total. The summed E-state index contributed by atoms with van der Waals surface area (Å²) in [5.41, 5.74) is 2.98. The molecule has 3 heterocycles. The van der Waals surface area contributed by atoms with Crippen molar-refractivity contribution in [1.82, 2.24) is 14.4 Å². The van der Waals surface area contributed by atoms with Crippen LogP contribution in [0.4, 0.5) is 5.69 Å². The van der Waals surface area contributed by atoms with Gasteiger partial charge in [-0.1, -0.05) is 29.8 Å². The smallest absolute Gasteiger partial charge is 0.281 e. The number of aromatic nitrogens is 1. The average molecular weight is 479 g/mol. The molecule has 0 radical (unpaired) electrons. The van der Waals surface area contributed by atoms with Crippen LogP contribution < -0.4 is 4.90 Å². The molecule has 3 aromatic rings. The Morgan fingerprint density at radius 2 is 1.79 bits per heavy atom. The van der Waals surface area contributed by atoms with Gasteiger partial charge >= 0.3 is 0 Å². The van der Waals surface area contributed by atoms with Crippen LogP contribution in [0, 0.1) is 0 Å². The third kappa shape index (κ3) is 3.92. The van der Waals surface area contributed by atoms with Crippen LogP contribution in [0.3, 0.4) is 0 Å². The Labute approximate surface area is 202 Å². The molecule has 2 aliphatic rings. The Kier molecular flexibility index (Phi) is 5.68. The number of nitrogens with zero attached hydrogens (tertiary/aromatic N) is 4. The van der Waals surface area contributed by atoms with Crippen molar-refractivity contribution in [3.05, 3.63) is 71.0 Å². The number of thiocarbonyl (C=S) groups is 1. The monoisotopic (exact) mass is 478 g/mol. The fourth-order valence-corrected chi connectivity index (χ4v) is 4.87. The largest absolute Gasteiger partial charge is 0.341 e. The van der Waals surface area contributed by atoms with Crippen LogP contribution in [-0.4, -0.2) is 51.4 Å². The van der Waals surface area contributed by atoms with E-state index in [2.05, 4.69) is 0 Å². The summed E-state index contributed by atoms with van der Waals surface area (Å²) in [4.78, 5) is 31.3. The number of carbonyl (C=O) groups excluding carboxylic acids is 2. The van der Waals surface area contributed by atoms with Gasteiger partial charge in [0.15, 0.2) is 5.11 Å². The molecule has 2 saturated heterocycles. The fourth-order valence-electron chi connectivity index (χ4n) is 4.45. The van der Waals surface area contributed by atoms with Gasteiger partial charge in [0.2, 0.25) is 5.91 Å². The number of hydrogen-bond acceptors (Lipinski definition) is 3. The predicted octanol–water partition coefficient (Wildman–Crippen LogP) is 4.52. The predicted molar refractivity (Wildman–Crippen MR) is 135 cm³/mol. The number of halogens is 1. The van der Waals surface area contributed by atoms with Gasteiger partial charge in [-0.15, -0.1) is 0 Å². The number of rotatable bonds is 4. The van der Waals surface area contributed by atoms with E-state index in [9.17, 15) is 9.59 Å². The molecule has 0 spiro atoms. The van der Waals surface area contributed by atoms with Gasteiger partial charge in [-0.05, 0) is 61.5 Å². The Hall–Kier alpha value is -3.16. The molecule has 1 aromatic heterocycles. The highest BCUT2D eigenvalue weighted by Crippen LogP contribution is 2.31. The molecule has 33 heavy (non-hydrogen) atoms. The summed E-state index contributed by atoms with van der Waals surface area (Å²) in [6.07, 6.45) is 5.92. The van der Waals surface area contributed by atoms with Crippen LogP contribution >= 0.6 is 23.8 Å². The van der Waals surface area contributed by atoms with E-state index in [4.69, 9.17) is 23.8 Å². The lowest BCUT2D eigenvalue weighted by molar-refractivity contribution is -0.130. The number of anilines is 1. The van der Waals surface area contributed by atoms with E-state index in [0.29, 0.717) is 21.5 Å². The van der Waals surface area contributed by atoms with Crippen LogP contribution in [0.2, 0.25) is 5.02 Å². The average Bonchev–Trinajstić information content (AvgIpc) is 3.51. The Morgan fingerprint density at radius 3 is 2.52 bits per heavy atom. The number of likely N-dealkylation sites (N-methyl/N-ethyl adjacent to an activating group) is 1. The zero-order chi connectivity index (χ0) is 23.1.